The van der Waals surface area contributed by atoms with Crippen molar-refractivity contribution in [3.63, 3.8) is 0 Å². The molecule has 0 spiro atoms. The number of aliphatic carboxylic acids is 1. The Morgan fingerprint density at radius 1 is 1.06 bits per heavy atom. The highest BCUT2D eigenvalue weighted by Gasteiger charge is 2.29. The second-order valence-electron chi connectivity index (χ2n) is 3.34. The van der Waals surface area contributed by atoms with Crippen LogP contribution in [0.15, 0.2) is 0 Å². The molecule has 17 heavy (non-hydrogen) atoms. The number of rotatable bonds is 8. The summed E-state index contributed by atoms with van der Waals surface area (Å²) in [4.78, 5) is 33.3. The number of carboxylic acid groups (broad SMARTS) is 1. The molecule has 6 heteroatoms. The highest BCUT2D eigenvalue weighted by molar-refractivity contribution is 5.94. The zero-order valence-corrected chi connectivity index (χ0v) is 10.1. The zero-order valence-electron chi connectivity index (χ0n) is 10.1. The van der Waals surface area contributed by atoms with Gasteiger partial charge in [-0.25, -0.2) is 0 Å². The molecule has 0 amide bonds. The third kappa shape index (κ3) is 6.55. The fourth-order valence-corrected chi connectivity index (χ4v) is 1.28. The number of esters is 2. The van der Waals surface area contributed by atoms with Crippen molar-refractivity contribution in [1.29, 1.82) is 0 Å². The Morgan fingerprint density at radius 3 is 1.88 bits per heavy atom. The van der Waals surface area contributed by atoms with Crippen LogP contribution in [0.2, 0.25) is 0 Å². The van der Waals surface area contributed by atoms with Crippen LogP contribution < -0.4 is 0 Å². The number of carboxylic acids is 1. The van der Waals surface area contributed by atoms with Gasteiger partial charge in [0.2, 0.25) is 0 Å². The van der Waals surface area contributed by atoms with Gasteiger partial charge in [-0.15, -0.1) is 0 Å². The first kappa shape index (κ1) is 15.4. The molecule has 98 valence electrons. The molecule has 0 unspecified atom stereocenters. The highest BCUT2D eigenvalue weighted by Crippen LogP contribution is 2.13. The first-order valence-corrected chi connectivity index (χ1v) is 5.57. The van der Waals surface area contributed by atoms with Crippen LogP contribution in [0.4, 0.5) is 0 Å². The molecule has 0 rings (SSSR count). The molecule has 0 aliphatic rings. The van der Waals surface area contributed by atoms with Crippen LogP contribution in [-0.2, 0) is 23.9 Å². The monoisotopic (exact) mass is 246 g/mol. The molecule has 0 bridgehead atoms. The van der Waals surface area contributed by atoms with Gasteiger partial charge in [-0.2, -0.15) is 0 Å². The Balaban J connectivity index is 4.34. The van der Waals surface area contributed by atoms with Crippen molar-refractivity contribution in [2.24, 2.45) is 5.92 Å². The minimum absolute atomic E-state index is 0.0880. The molecule has 0 saturated heterocycles. The minimum Gasteiger partial charge on any atom is -0.481 e. The summed E-state index contributed by atoms with van der Waals surface area (Å²) >= 11 is 0. The Kier molecular flexibility index (Phi) is 7.75. The van der Waals surface area contributed by atoms with E-state index >= 15 is 0 Å². The molecule has 0 saturated carbocycles. The van der Waals surface area contributed by atoms with Crippen LogP contribution in [0, 0.1) is 5.92 Å². The van der Waals surface area contributed by atoms with Crippen LogP contribution >= 0.6 is 0 Å². The Morgan fingerprint density at radius 2 is 1.53 bits per heavy atom. The van der Waals surface area contributed by atoms with Gasteiger partial charge >= 0.3 is 17.9 Å². The summed E-state index contributed by atoms with van der Waals surface area (Å²) < 4.78 is 9.48. The smallest absolute Gasteiger partial charge is 0.320 e. The van der Waals surface area contributed by atoms with Gasteiger partial charge in [-0.05, 0) is 26.7 Å². The second kappa shape index (κ2) is 8.55. The van der Waals surface area contributed by atoms with Crippen LogP contribution in [0.1, 0.15) is 33.1 Å². The number of hydrogen-bond acceptors (Lipinski definition) is 5. The van der Waals surface area contributed by atoms with E-state index < -0.39 is 23.8 Å². The quantitative estimate of drug-likeness (QED) is 0.507. The lowest BCUT2D eigenvalue weighted by Crippen LogP contribution is -2.28. The normalized spacial score (nSPS) is 10.1. The first-order chi connectivity index (χ1) is 8.02. The van der Waals surface area contributed by atoms with Crippen molar-refractivity contribution in [2.45, 2.75) is 33.1 Å². The van der Waals surface area contributed by atoms with E-state index in [4.69, 9.17) is 14.6 Å². The lowest BCUT2D eigenvalue weighted by molar-refractivity contribution is -0.162. The number of carbonyl (C=O) groups excluding carboxylic acids is 2. The van der Waals surface area contributed by atoms with Gasteiger partial charge in [-0.1, -0.05) is 0 Å². The van der Waals surface area contributed by atoms with Crippen LogP contribution in [0.25, 0.3) is 0 Å². The molecule has 6 nitrogen and oxygen atoms in total. The summed E-state index contributed by atoms with van der Waals surface area (Å²) in [6, 6.07) is 0. The Hall–Kier alpha value is -1.59. The summed E-state index contributed by atoms with van der Waals surface area (Å²) in [5, 5.41) is 8.48. The maximum Gasteiger partial charge on any atom is 0.320 e. The molecule has 0 atom stereocenters. The number of ether oxygens (including phenoxy) is 2. The fraction of sp³-hybridized carbons (Fsp3) is 0.727. The lowest BCUT2D eigenvalue weighted by Gasteiger charge is -2.13. The van der Waals surface area contributed by atoms with Crippen molar-refractivity contribution in [1.82, 2.24) is 0 Å². The molecule has 0 aromatic carbocycles. The van der Waals surface area contributed by atoms with E-state index in [-0.39, 0.29) is 32.5 Å². The van der Waals surface area contributed by atoms with Gasteiger partial charge in [0.1, 0.15) is 0 Å². The van der Waals surface area contributed by atoms with Crippen molar-refractivity contribution >= 4 is 17.9 Å². The third-order valence-electron chi connectivity index (χ3n) is 2.03. The van der Waals surface area contributed by atoms with Gasteiger partial charge in [0.05, 0.1) is 13.2 Å². The van der Waals surface area contributed by atoms with Crippen LogP contribution in [-0.4, -0.2) is 36.2 Å². The van der Waals surface area contributed by atoms with E-state index in [0.29, 0.717) is 0 Å². The van der Waals surface area contributed by atoms with Gasteiger partial charge in [-0.3, -0.25) is 14.4 Å². The van der Waals surface area contributed by atoms with Gasteiger partial charge < -0.3 is 14.6 Å². The summed E-state index contributed by atoms with van der Waals surface area (Å²) in [5.74, 6) is -3.29. The highest BCUT2D eigenvalue weighted by atomic mass is 16.6. The largest absolute Gasteiger partial charge is 0.481 e. The van der Waals surface area contributed by atoms with Gasteiger partial charge in [0, 0.05) is 6.42 Å². The molecular weight excluding hydrogens is 228 g/mol. The average molecular weight is 246 g/mol. The molecule has 0 aliphatic carbocycles. The molecule has 1 N–H and O–H groups in total. The zero-order chi connectivity index (χ0) is 13.3. The first-order valence-electron chi connectivity index (χ1n) is 5.57. The standard InChI is InChI=1S/C11H18O6/c1-3-16-10(14)8(11(15)17-4-2)6-5-7-9(12)13/h8H,3-7H2,1-2H3,(H,12,13). The molecule has 0 aliphatic heterocycles. The maximum absolute atomic E-state index is 11.5. The molecule has 0 radical (unpaired) electrons. The summed E-state index contributed by atoms with van der Waals surface area (Å²) in [5.41, 5.74) is 0. The fourth-order valence-electron chi connectivity index (χ4n) is 1.28. The average Bonchev–Trinajstić information content (AvgIpc) is 2.24. The Bertz CT molecular complexity index is 255. The third-order valence-corrected chi connectivity index (χ3v) is 2.03. The summed E-state index contributed by atoms with van der Waals surface area (Å²) in [6.07, 6.45) is 0.275. The molecule has 0 aromatic heterocycles. The van der Waals surface area contributed by atoms with Crippen molar-refractivity contribution in [3.8, 4) is 0 Å². The summed E-state index contributed by atoms with van der Waals surface area (Å²) in [6.45, 7) is 3.62. The number of hydrogen-bond donors (Lipinski definition) is 1. The lowest BCUT2D eigenvalue weighted by atomic mass is 10.0. The van der Waals surface area contributed by atoms with E-state index in [2.05, 4.69) is 0 Å². The topological polar surface area (TPSA) is 89.9 Å². The minimum atomic E-state index is -1.02. The molecular formula is C11H18O6. The van der Waals surface area contributed by atoms with Crippen LogP contribution in [0.3, 0.4) is 0 Å². The van der Waals surface area contributed by atoms with Crippen molar-refractivity contribution in [3.05, 3.63) is 0 Å². The van der Waals surface area contributed by atoms with E-state index in [1.165, 1.54) is 0 Å². The van der Waals surface area contributed by atoms with E-state index in [1.54, 1.807) is 13.8 Å². The van der Waals surface area contributed by atoms with Gasteiger partial charge in [0.25, 0.3) is 0 Å². The SMILES string of the molecule is CCOC(=O)C(CCCC(=O)O)C(=O)OCC. The van der Waals surface area contributed by atoms with Gasteiger partial charge in [0.15, 0.2) is 5.92 Å². The van der Waals surface area contributed by atoms with E-state index in [9.17, 15) is 14.4 Å². The number of carbonyl (C=O) groups is 3. The van der Waals surface area contributed by atoms with E-state index in [1.807, 2.05) is 0 Å². The van der Waals surface area contributed by atoms with Crippen LogP contribution in [0.5, 0.6) is 0 Å². The predicted molar refractivity (Wildman–Crippen MR) is 58.2 cm³/mol. The summed E-state index contributed by atoms with van der Waals surface area (Å²) in [7, 11) is 0. The van der Waals surface area contributed by atoms with Crippen molar-refractivity contribution in [2.75, 3.05) is 13.2 Å². The van der Waals surface area contributed by atoms with E-state index in [0.717, 1.165) is 0 Å². The van der Waals surface area contributed by atoms with Crippen molar-refractivity contribution < 1.29 is 29.0 Å². The molecule has 0 aromatic rings. The maximum atomic E-state index is 11.5. The predicted octanol–water partition coefficient (Wildman–Crippen LogP) is 0.984. The molecule has 0 fully saturated rings. The molecule has 0 heterocycles. The Labute approximate surface area is 99.9 Å². The second-order valence-corrected chi connectivity index (χ2v) is 3.34.